The highest BCUT2D eigenvalue weighted by atomic mass is 16.5. The topological polar surface area (TPSA) is 24.5 Å². The number of hydrogen-bond acceptors (Lipinski definition) is 3. The van der Waals surface area contributed by atoms with Crippen molar-refractivity contribution in [2.45, 2.75) is 82.4 Å². The van der Waals surface area contributed by atoms with Crippen molar-refractivity contribution in [3.63, 3.8) is 0 Å². The first-order valence-corrected chi connectivity index (χ1v) is 8.78. The monoisotopic (exact) mass is 280 g/mol. The zero-order chi connectivity index (χ0) is 14.1. The van der Waals surface area contributed by atoms with Crippen molar-refractivity contribution in [3.8, 4) is 0 Å². The molecule has 0 bridgehead atoms. The van der Waals surface area contributed by atoms with Gasteiger partial charge in [0.25, 0.3) is 0 Å². The first-order chi connectivity index (χ1) is 9.66. The fraction of sp³-hybridized carbons (Fsp3) is 1.00. The third-order valence-corrected chi connectivity index (χ3v) is 6.11. The summed E-state index contributed by atoms with van der Waals surface area (Å²) in [6.07, 6.45) is 11.2. The number of nitrogens with one attached hydrogen (secondary N) is 1. The van der Waals surface area contributed by atoms with Crippen molar-refractivity contribution in [1.82, 2.24) is 10.2 Å². The maximum atomic E-state index is 5.83. The summed E-state index contributed by atoms with van der Waals surface area (Å²) >= 11 is 0. The summed E-state index contributed by atoms with van der Waals surface area (Å²) in [5.74, 6) is 0. The van der Waals surface area contributed by atoms with E-state index in [0.717, 1.165) is 6.61 Å². The van der Waals surface area contributed by atoms with Crippen LogP contribution in [0.5, 0.6) is 0 Å². The van der Waals surface area contributed by atoms with Crippen LogP contribution in [-0.4, -0.2) is 48.3 Å². The van der Waals surface area contributed by atoms with E-state index in [-0.39, 0.29) is 0 Å². The molecule has 2 unspecified atom stereocenters. The van der Waals surface area contributed by atoms with Crippen LogP contribution in [-0.2, 0) is 4.74 Å². The van der Waals surface area contributed by atoms with Crippen molar-refractivity contribution in [1.29, 1.82) is 0 Å². The Kier molecular flexibility index (Phi) is 4.40. The Bertz CT molecular complexity index is 321. The van der Waals surface area contributed by atoms with E-state index in [2.05, 4.69) is 24.1 Å². The Morgan fingerprint density at radius 1 is 1.25 bits per heavy atom. The maximum absolute atomic E-state index is 5.83. The highest BCUT2D eigenvalue weighted by Crippen LogP contribution is 2.39. The Labute approximate surface area is 124 Å². The molecule has 2 saturated heterocycles. The molecule has 116 valence electrons. The van der Waals surface area contributed by atoms with E-state index in [1.807, 2.05) is 0 Å². The van der Waals surface area contributed by atoms with E-state index in [0.29, 0.717) is 17.2 Å². The summed E-state index contributed by atoms with van der Waals surface area (Å²) in [6.45, 7) is 9.36. The molecule has 3 nitrogen and oxygen atoms in total. The van der Waals surface area contributed by atoms with Gasteiger partial charge in [0.1, 0.15) is 0 Å². The summed E-state index contributed by atoms with van der Waals surface area (Å²) in [5.41, 5.74) is 0.775. The van der Waals surface area contributed by atoms with E-state index in [1.165, 1.54) is 71.0 Å². The maximum Gasteiger partial charge on any atom is 0.0588 e. The predicted molar refractivity (Wildman–Crippen MR) is 83.1 cm³/mol. The van der Waals surface area contributed by atoms with Gasteiger partial charge in [-0.05, 0) is 45.4 Å². The van der Waals surface area contributed by atoms with Gasteiger partial charge in [0, 0.05) is 37.3 Å². The molecule has 3 fully saturated rings. The van der Waals surface area contributed by atoms with Crippen LogP contribution in [0.3, 0.4) is 0 Å². The van der Waals surface area contributed by atoms with E-state index >= 15 is 0 Å². The minimum Gasteiger partial charge on any atom is -0.378 e. The van der Waals surface area contributed by atoms with E-state index in [4.69, 9.17) is 4.74 Å². The van der Waals surface area contributed by atoms with Crippen LogP contribution in [0.2, 0.25) is 0 Å². The number of nitrogens with zero attached hydrogens (tertiary/aromatic N) is 1. The first-order valence-electron chi connectivity index (χ1n) is 8.78. The fourth-order valence-electron chi connectivity index (χ4n) is 4.39. The van der Waals surface area contributed by atoms with Crippen LogP contribution in [0.4, 0.5) is 0 Å². The minimum atomic E-state index is 0.310. The largest absolute Gasteiger partial charge is 0.378 e. The summed E-state index contributed by atoms with van der Waals surface area (Å²) < 4.78 is 5.83. The van der Waals surface area contributed by atoms with Crippen LogP contribution < -0.4 is 5.32 Å². The third-order valence-electron chi connectivity index (χ3n) is 6.11. The average molecular weight is 280 g/mol. The molecule has 1 saturated carbocycles. The lowest BCUT2D eigenvalue weighted by Gasteiger charge is -2.52. The molecule has 0 aromatic carbocycles. The van der Waals surface area contributed by atoms with Gasteiger partial charge in [0.15, 0.2) is 0 Å². The molecular weight excluding hydrogens is 248 g/mol. The van der Waals surface area contributed by atoms with Gasteiger partial charge >= 0.3 is 0 Å². The Morgan fingerprint density at radius 3 is 2.70 bits per heavy atom. The van der Waals surface area contributed by atoms with Gasteiger partial charge < -0.3 is 10.1 Å². The summed E-state index contributed by atoms with van der Waals surface area (Å²) in [7, 11) is 0. The second kappa shape index (κ2) is 5.94. The van der Waals surface area contributed by atoms with E-state index in [1.54, 1.807) is 0 Å². The van der Waals surface area contributed by atoms with Crippen molar-refractivity contribution >= 4 is 0 Å². The predicted octanol–water partition coefficient (Wildman–Crippen LogP) is 2.94. The quantitative estimate of drug-likeness (QED) is 0.857. The van der Waals surface area contributed by atoms with Crippen molar-refractivity contribution < 1.29 is 4.74 Å². The molecule has 3 heteroatoms. The van der Waals surface area contributed by atoms with Gasteiger partial charge in [0.2, 0.25) is 0 Å². The molecule has 1 aliphatic carbocycles. The molecule has 1 spiro atoms. The lowest BCUT2D eigenvalue weighted by atomic mass is 9.84. The molecule has 2 heterocycles. The van der Waals surface area contributed by atoms with Crippen LogP contribution in [0.1, 0.15) is 65.2 Å². The Morgan fingerprint density at radius 2 is 2.05 bits per heavy atom. The highest BCUT2D eigenvalue weighted by molar-refractivity contribution is 5.05. The lowest BCUT2D eigenvalue weighted by molar-refractivity contribution is -0.00136. The van der Waals surface area contributed by atoms with Crippen LogP contribution >= 0.6 is 0 Å². The van der Waals surface area contributed by atoms with Crippen molar-refractivity contribution in [2.24, 2.45) is 0 Å². The zero-order valence-electron chi connectivity index (χ0n) is 13.4. The number of rotatable bonds is 4. The fourth-order valence-corrected chi connectivity index (χ4v) is 4.39. The Hall–Kier alpha value is -0.120. The van der Waals surface area contributed by atoms with Gasteiger partial charge in [-0.15, -0.1) is 0 Å². The minimum absolute atomic E-state index is 0.310. The number of piperazine rings is 1. The average Bonchev–Trinajstić information content (AvgIpc) is 3.13. The molecule has 0 radical (unpaired) electrons. The van der Waals surface area contributed by atoms with Crippen LogP contribution in [0, 0.1) is 0 Å². The second-order valence-corrected chi connectivity index (χ2v) is 7.54. The summed E-state index contributed by atoms with van der Waals surface area (Å²) in [6, 6.07) is 0. The molecule has 3 rings (SSSR count). The van der Waals surface area contributed by atoms with Crippen molar-refractivity contribution in [3.05, 3.63) is 0 Å². The van der Waals surface area contributed by atoms with Crippen molar-refractivity contribution in [2.75, 3.05) is 26.2 Å². The highest BCUT2D eigenvalue weighted by Gasteiger charge is 2.46. The lowest BCUT2D eigenvalue weighted by Crippen LogP contribution is -2.68. The molecule has 2 aliphatic heterocycles. The van der Waals surface area contributed by atoms with Gasteiger partial charge in [-0.3, -0.25) is 4.90 Å². The standard InChI is InChI=1S/C17H32N2O/c1-3-16(2)14-19(11-8-15-7-6-12-20-15)17(13-18-16)9-4-5-10-17/h15,18H,3-14H2,1-2H3. The molecule has 20 heavy (non-hydrogen) atoms. The molecule has 3 aliphatic rings. The van der Waals surface area contributed by atoms with Gasteiger partial charge in [-0.25, -0.2) is 0 Å². The second-order valence-electron chi connectivity index (χ2n) is 7.54. The molecule has 0 amide bonds. The molecule has 0 aromatic heterocycles. The SMILES string of the molecule is CCC1(C)CN(CCC2CCCO2)C2(CCCC2)CN1. The molecular formula is C17H32N2O. The first kappa shape index (κ1) is 14.8. The van der Waals surface area contributed by atoms with Crippen LogP contribution in [0.15, 0.2) is 0 Å². The summed E-state index contributed by atoms with van der Waals surface area (Å²) in [5, 5.41) is 3.86. The van der Waals surface area contributed by atoms with Gasteiger partial charge in [-0.2, -0.15) is 0 Å². The van der Waals surface area contributed by atoms with Gasteiger partial charge in [0.05, 0.1) is 6.10 Å². The Balaban J connectivity index is 1.64. The molecule has 1 N–H and O–H groups in total. The zero-order valence-corrected chi connectivity index (χ0v) is 13.4. The normalized spacial score (nSPS) is 37.8. The number of hydrogen-bond donors (Lipinski definition) is 1. The summed E-state index contributed by atoms with van der Waals surface area (Å²) in [4.78, 5) is 2.84. The molecule has 0 aromatic rings. The van der Waals surface area contributed by atoms with E-state index < -0.39 is 0 Å². The van der Waals surface area contributed by atoms with E-state index in [9.17, 15) is 0 Å². The van der Waals surface area contributed by atoms with Gasteiger partial charge in [-0.1, -0.05) is 19.8 Å². The van der Waals surface area contributed by atoms with Crippen LogP contribution in [0.25, 0.3) is 0 Å². The smallest absolute Gasteiger partial charge is 0.0588 e. The number of ether oxygens (including phenoxy) is 1. The molecule has 2 atom stereocenters. The third kappa shape index (κ3) is 2.90.